The SMILES string of the molecule is O=C(NC1(C(=O)Nc2ccc(N3CCOCCC3=O)c(Cl)c2)CS(=O)(=O)C1)c1ccc(Br)s1. The third-order valence-corrected chi connectivity index (χ3v) is 9.02. The standard InChI is InChI=1S/C20H19BrClN3O6S2/c21-16-4-3-15(32-16)18(27)24-20(10-33(29,30)11-20)19(28)23-12-1-2-14(13(22)9-12)25-6-8-31-7-5-17(25)26/h1-4,9H,5-8,10-11H2,(H,23,28)(H,24,27). The number of ether oxygens (including phenoxy) is 1. The predicted molar refractivity (Wildman–Crippen MR) is 129 cm³/mol. The number of carbonyl (C=O) groups excluding carboxylic acids is 3. The monoisotopic (exact) mass is 575 g/mol. The Bertz CT molecular complexity index is 1220. The van der Waals surface area contributed by atoms with Crippen molar-refractivity contribution in [3.63, 3.8) is 0 Å². The lowest BCUT2D eigenvalue weighted by atomic mass is 10.0. The van der Waals surface area contributed by atoms with E-state index in [0.29, 0.717) is 36.0 Å². The smallest absolute Gasteiger partial charge is 0.262 e. The number of halogens is 2. The van der Waals surface area contributed by atoms with Crippen molar-refractivity contribution in [2.45, 2.75) is 12.0 Å². The molecule has 13 heteroatoms. The molecule has 3 heterocycles. The van der Waals surface area contributed by atoms with Crippen LogP contribution in [0.4, 0.5) is 11.4 Å². The van der Waals surface area contributed by atoms with Crippen molar-refractivity contribution in [2.24, 2.45) is 0 Å². The predicted octanol–water partition coefficient (Wildman–Crippen LogP) is 2.45. The number of thiophene rings is 1. The number of rotatable bonds is 5. The minimum Gasteiger partial charge on any atom is -0.379 e. The van der Waals surface area contributed by atoms with Gasteiger partial charge in [-0.05, 0) is 46.3 Å². The molecule has 3 amide bonds. The first kappa shape index (κ1) is 24.1. The fourth-order valence-electron chi connectivity index (χ4n) is 3.67. The van der Waals surface area contributed by atoms with Gasteiger partial charge in [-0.25, -0.2) is 8.42 Å². The summed E-state index contributed by atoms with van der Waals surface area (Å²) in [5.74, 6) is -2.32. The molecule has 0 radical (unpaired) electrons. The number of anilines is 2. The number of nitrogens with one attached hydrogen (secondary N) is 2. The number of carbonyl (C=O) groups is 3. The van der Waals surface area contributed by atoms with Crippen LogP contribution in [0, 0.1) is 0 Å². The second-order valence-electron chi connectivity index (χ2n) is 7.70. The minimum absolute atomic E-state index is 0.118. The van der Waals surface area contributed by atoms with E-state index in [1.165, 1.54) is 22.3 Å². The van der Waals surface area contributed by atoms with Crippen LogP contribution < -0.4 is 15.5 Å². The number of amides is 3. The van der Waals surface area contributed by atoms with Crippen LogP contribution in [0.15, 0.2) is 34.1 Å². The van der Waals surface area contributed by atoms with Gasteiger partial charge in [0, 0.05) is 12.2 Å². The normalized spacial score (nSPS) is 19.3. The molecule has 176 valence electrons. The Morgan fingerprint density at radius 1 is 1.18 bits per heavy atom. The van der Waals surface area contributed by atoms with Crippen LogP contribution in [-0.2, 0) is 24.2 Å². The zero-order chi connectivity index (χ0) is 23.8. The van der Waals surface area contributed by atoms with Gasteiger partial charge < -0.3 is 20.3 Å². The van der Waals surface area contributed by atoms with Crippen LogP contribution in [-0.4, -0.2) is 62.9 Å². The largest absolute Gasteiger partial charge is 0.379 e. The van der Waals surface area contributed by atoms with Gasteiger partial charge in [0.05, 0.1) is 50.5 Å². The maximum atomic E-state index is 13.1. The molecular weight excluding hydrogens is 558 g/mol. The second kappa shape index (κ2) is 9.34. The Hall–Kier alpha value is -1.99. The van der Waals surface area contributed by atoms with Crippen molar-refractivity contribution in [1.82, 2.24) is 5.32 Å². The van der Waals surface area contributed by atoms with E-state index in [2.05, 4.69) is 26.6 Å². The molecule has 2 fully saturated rings. The van der Waals surface area contributed by atoms with Gasteiger partial charge in [0.2, 0.25) is 5.91 Å². The van der Waals surface area contributed by atoms with E-state index < -0.39 is 38.7 Å². The zero-order valence-corrected chi connectivity index (χ0v) is 21.1. The van der Waals surface area contributed by atoms with Crippen molar-refractivity contribution >= 4 is 77.8 Å². The molecule has 2 aromatic rings. The summed E-state index contributed by atoms with van der Waals surface area (Å²) in [5.41, 5.74) is -0.790. The molecular formula is C20H19BrClN3O6S2. The van der Waals surface area contributed by atoms with E-state index in [4.69, 9.17) is 16.3 Å². The van der Waals surface area contributed by atoms with Crippen molar-refractivity contribution in [1.29, 1.82) is 0 Å². The lowest BCUT2D eigenvalue weighted by Gasteiger charge is -2.39. The second-order valence-corrected chi connectivity index (χ2v) is 12.6. The Kier molecular flexibility index (Phi) is 6.83. The summed E-state index contributed by atoms with van der Waals surface area (Å²) >= 11 is 10.8. The van der Waals surface area contributed by atoms with E-state index in [1.54, 1.807) is 24.3 Å². The quantitative estimate of drug-likeness (QED) is 0.564. The van der Waals surface area contributed by atoms with Crippen LogP contribution in [0.25, 0.3) is 0 Å². The summed E-state index contributed by atoms with van der Waals surface area (Å²) in [5, 5.41) is 5.47. The maximum absolute atomic E-state index is 13.1. The molecule has 1 aromatic heterocycles. The van der Waals surface area contributed by atoms with Crippen molar-refractivity contribution in [2.75, 3.05) is 41.5 Å². The van der Waals surface area contributed by atoms with Crippen LogP contribution in [0.2, 0.25) is 5.02 Å². The number of hydrogen-bond donors (Lipinski definition) is 2. The average Bonchev–Trinajstić information content (AvgIpc) is 3.05. The summed E-state index contributed by atoms with van der Waals surface area (Å²) in [6, 6.07) is 7.92. The summed E-state index contributed by atoms with van der Waals surface area (Å²) in [6.45, 7) is 1.09. The fraction of sp³-hybridized carbons (Fsp3) is 0.350. The van der Waals surface area contributed by atoms with Gasteiger partial charge in [-0.2, -0.15) is 0 Å². The number of nitrogens with zero attached hydrogens (tertiary/aromatic N) is 1. The molecule has 0 spiro atoms. The third kappa shape index (κ3) is 5.24. The van der Waals surface area contributed by atoms with E-state index in [-0.39, 0.29) is 17.4 Å². The van der Waals surface area contributed by atoms with Gasteiger partial charge >= 0.3 is 0 Å². The van der Waals surface area contributed by atoms with Gasteiger partial charge in [0.25, 0.3) is 11.8 Å². The lowest BCUT2D eigenvalue weighted by molar-refractivity contribution is -0.121. The maximum Gasteiger partial charge on any atom is 0.262 e. The Balaban J connectivity index is 1.52. The van der Waals surface area contributed by atoms with Crippen molar-refractivity contribution < 1.29 is 27.5 Å². The number of hydrogen-bond acceptors (Lipinski definition) is 7. The summed E-state index contributed by atoms with van der Waals surface area (Å²) in [7, 11) is -3.45. The molecule has 9 nitrogen and oxygen atoms in total. The molecule has 0 saturated carbocycles. The molecule has 2 saturated heterocycles. The van der Waals surface area contributed by atoms with Gasteiger partial charge in [-0.3, -0.25) is 14.4 Å². The van der Waals surface area contributed by atoms with Crippen LogP contribution >= 0.6 is 38.9 Å². The first-order chi connectivity index (χ1) is 15.6. The molecule has 2 N–H and O–H groups in total. The highest BCUT2D eigenvalue weighted by molar-refractivity contribution is 9.11. The molecule has 33 heavy (non-hydrogen) atoms. The van der Waals surface area contributed by atoms with Gasteiger partial charge in [0.15, 0.2) is 9.84 Å². The van der Waals surface area contributed by atoms with E-state index in [0.717, 1.165) is 3.79 Å². The van der Waals surface area contributed by atoms with E-state index in [9.17, 15) is 22.8 Å². The van der Waals surface area contributed by atoms with E-state index in [1.807, 2.05) is 0 Å². The van der Waals surface area contributed by atoms with Crippen molar-refractivity contribution in [3.05, 3.63) is 44.0 Å². The Morgan fingerprint density at radius 2 is 1.94 bits per heavy atom. The lowest BCUT2D eigenvalue weighted by Crippen LogP contribution is -2.71. The highest BCUT2D eigenvalue weighted by Gasteiger charge is 2.55. The number of sulfone groups is 1. The van der Waals surface area contributed by atoms with Crippen LogP contribution in [0.3, 0.4) is 0 Å². The fourth-order valence-corrected chi connectivity index (χ4v) is 7.06. The topological polar surface area (TPSA) is 122 Å². The van der Waals surface area contributed by atoms with Crippen molar-refractivity contribution in [3.8, 4) is 0 Å². The summed E-state index contributed by atoms with van der Waals surface area (Å²) in [4.78, 5) is 39.8. The highest BCUT2D eigenvalue weighted by atomic mass is 79.9. The van der Waals surface area contributed by atoms with Gasteiger partial charge in [0.1, 0.15) is 5.54 Å². The molecule has 0 aliphatic carbocycles. The van der Waals surface area contributed by atoms with Gasteiger partial charge in [-0.1, -0.05) is 11.6 Å². The Labute approximate surface area is 207 Å². The minimum atomic E-state index is -3.45. The summed E-state index contributed by atoms with van der Waals surface area (Å²) in [6.07, 6.45) is 0.242. The highest BCUT2D eigenvalue weighted by Crippen LogP contribution is 2.32. The molecule has 2 aliphatic rings. The Morgan fingerprint density at radius 3 is 2.58 bits per heavy atom. The average molecular weight is 577 g/mol. The molecule has 4 rings (SSSR count). The molecule has 0 bridgehead atoms. The zero-order valence-electron chi connectivity index (χ0n) is 17.1. The molecule has 0 atom stereocenters. The van der Waals surface area contributed by atoms with Gasteiger partial charge in [-0.15, -0.1) is 11.3 Å². The van der Waals surface area contributed by atoms with E-state index >= 15 is 0 Å². The first-order valence-electron chi connectivity index (χ1n) is 9.86. The molecule has 1 aromatic carbocycles. The van der Waals surface area contributed by atoms with Crippen LogP contribution in [0.5, 0.6) is 0 Å². The first-order valence-corrected chi connectivity index (χ1v) is 13.7. The molecule has 2 aliphatic heterocycles. The third-order valence-electron chi connectivity index (χ3n) is 5.23. The van der Waals surface area contributed by atoms with Crippen LogP contribution in [0.1, 0.15) is 16.1 Å². The number of benzene rings is 1. The molecule has 0 unspecified atom stereocenters. The summed E-state index contributed by atoms with van der Waals surface area (Å²) < 4.78 is 29.9.